The second-order valence-corrected chi connectivity index (χ2v) is 4.81. The molecule has 0 aliphatic rings. The Hall–Kier alpha value is -1.88. The standard InChI is InChI=1S/C16H23NO4/c1-4-9-17(12-16(19)21-3)11-14-8-6-5-7-13(14)10-15(18)20-2/h5-8H,4,9-12H2,1-3H3. The van der Waals surface area contributed by atoms with Crippen LogP contribution in [0.15, 0.2) is 24.3 Å². The molecule has 0 aliphatic carbocycles. The Labute approximate surface area is 125 Å². The van der Waals surface area contributed by atoms with E-state index in [9.17, 15) is 9.59 Å². The van der Waals surface area contributed by atoms with Crippen LogP contribution in [0.2, 0.25) is 0 Å². The molecular formula is C16H23NO4. The van der Waals surface area contributed by atoms with E-state index in [1.54, 1.807) is 0 Å². The second kappa shape index (κ2) is 9.13. The van der Waals surface area contributed by atoms with E-state index in [0.29, 0.717) is 6.54 Å². The number of carbonyl (C=O) groups excluding carboxylic acids is 2. The van der Waals surface area contributed by atoms with Gasteiger partial charge in [-0.25, -0.2) is 0 Å². The van der Waals surface area contributed by atoms with Crippen molar-refractivity contribution in [2.45, 2.75) is 26.3 Å². The molecule has 0 bridgehead atoms. The van der Waals surface area contributed by atoms with Crippen molar-refractivity contribution in [1.82, 2.24) is 4.90 Å². The lowest BCUT2D eigenvalue weighted by atomic mass is 10.0. The van der Waals surface area contributed by atoms with Gasteiger partial charge in [-0.1, -0.05) is 31.2 Å². The summed E-state index contributed by atoms with van der Waals surface area (Å²) in [6.07, 6.45) is 1.18. The van der Waals surface area contributed by atoms with Gasteiger partial charge in [0.05, 0.1) is 27.2 Å². The van der Waals surface area contributed by atoms with Gasteiger partial charge in [-0.05, 0) is 24.1 Å². The monoisotopic (exact) mass is 293 g/mol. The van der Waals surface area contributed by atoms with Gasteiger partial charge in [0.2, 0.25) is 0 Å². The minimum absolute atomic E-state index is 0.241. The fourth-order valence-electron chi connectivity index (χ4n) is 2.13. The van der Waals surface area contributed by atoms with Crippen molar-refractivity contribution >= 4 is 11.9 Å². The number of nitrogens with zero attached hydrogens (tertiary/aromatic N) is 1. The van der Waals surface area contributed by atoms with Crippen molar-refractivity contribution in [2.75, 3.05) is 27.3 Å². The molecule has 0 atom stereocenters. The van der Waals surface area contributed by atoms with E-state index in [4.69, 9.17) is 9.47 Å². The van der Waals surface area contributed by atoms with Gasteiger partial charge in [-0.3, -0.25) is 14.5 Å². The zero-order chi connectivity index (χ0) is 15.7. The molecular weight excluding hydrogens is 270 g/mol. The summed E-state index contributed by atoms with van der Waals surface area (Å²) in [7, 11) is 2.77. The van der Waals surface area contributed by atoms with Crippen LogP contribution in [0.25, 0.3) is 0 Å². The van der Waals surface area contributed by atoms with Crippen LogP contribution < -0.4 is 0 Å². The van der Waals surface area contributed by atoms with Crippen molar-refractivity contribution in [2.24, 2.45) is 0 Å². The molecule has 0 unspecified atom stereocenters. The fourth-order valence-corrected chi connectivity index (χ4v) is 2.13. The first-order chi connectivity index (χ1) is 10.1. The molecule has 0 aromatic heterocycles. The van der Waals surface area contributed by atoms with Crippen LogP contribution in [0.5, 0.6) is 0 Å². The summed E-state index contributed by atoms with van der Waals surface area (Å²) in [6, 6.07) is 7.71. The maximum Gasteiger partial charge on any atom is 0.319 e. The van der Waals surface area contributed by atoms with Gasteiger partial charge in [0.1, 0.15) is 0 Å². The van der Waals surface area contributed by atoms with Crippen molar-refractivity contribution < 1.29 is 19.1 Å². The van der Waals surface area contributed by atoms with Crippen LogP contribution in [0.1, 0.15) is 24.5 Å². The van der Waals surface area contributed by atoms with Gasteiger partial charge in [-0.2, -0.15) is 0 Å². The average Bonchev–Trinajstić information content (AvgIpc) is 2.49. The summed E-state index contributed by atoms with van der Waals surface area (Å²) < 4.78 is 9.44. The van der Waals surface area contributed by atoms with Gasteiger partial charge in [0, 0.05) is 6.54 Å². The Morgan fingerprint density at radius 3 is 2.24 bits per heavy atom. The number of carbonyl (C=O) groups is 2. The number of hydrogen-bond donors (Lipinski definition) is 0. The van der Waals surface area contributed by atoms with Gasteiger partial charge >= 0.3 is 11.9 Å². The third-order valence-corrected chi connectivity index (χ3v) is 3.20. The molecule has 116 valence electrons. The lowest BCUT2D eigenvalue weighted by Crippen LogP contribution is -2.31. The summed E-state index contributed by atoms with van der Waals surface area (Å²) in [5.41, 5.74) is 1.95. The summed E-state index contributed by atoms with van der Waals surface area (Å²) in [5, 5.41) is 0. The number of ether oxygens (including phenoxy) is 2. The maximum absolute atomic E-state index is 11.5. The van der Waals surface area contributed by atoms with Crippen LogP contribution in [0.4, 0.5) is 0 Å². The van der Waals surface area contributed by atoms with E-state index >= 15 is 0 Å². The molecule has 1 rings (SSSR count). The molecule has 5 nitrogen and oxygen atoms in total. The molecule has 5 heteroatoms. The van der Waals surface area contributed by atoms with Gasteiger partial charge < -0.3 is 9.47 Å². The third-order valence-electron chi connectivity index (χ3n) is 3.20. The summed E-state index contributed by atoms with van der Waals surface area (Å²) >= 11 is 0. The van der Waals surface area contributed by atoms with E-state index < -0.39 is 0 Å². The SMILES string of the molecule is CCCN(CC(=O)OC)Cc1ccccc1CC(=O)OC. The van der Waals surface area contributed by atoms with E-state index in [2.05, 4.69) is 6.92 Å². The van der Waals surface area contributed by atoms with Crippen molar-refractivity contribution in [3.63, 3.8) is 0 Å². The lowest BCUT2D eigenvalue weighted by Gasteiger charge is -2.21. The Balaban J connectivity index is 2.82. The number of hydrogen-bond acceptors (Lipinski definition) is 5. The quantitative estimate of drug-likeness (QED) is 0.684. The molecule has 1 aromatic rings. The molecule has 0 N–H and O–H groups in total. The molecule has 0 aliphatic heterocycles. The highest BCUT2D eigenvalue weighted by molar-refractivity contribution is 5.73. The maximum atomic E-state index is 11.5. The highest BCUT2D eigenvalue weighted by Crippen LogP contribution is 2.13. The molecule has 0 radical (unpaired) electrons. The number of methoxy groups -OCH3 is 2. The first-order valence-corrected chi connectivity index (χ1v) is 7.03. The second-order valence-electron chi connectivity index (χ2n) is 4.81. The smallest absolute Gasteiger partial charge is 0.319 e. The fraction of sp³-hybridized carbons (Fsp3) is 0.500. The minimum atomic E-state index is -0.266. The van der Waals surface area contributed by atoms with E-state index in [0.717, 1.165) is 24.1 Å². The molecule has 0 saturated carbocycles. The molecule has 0 saturated heterocycles. The Kier molecular flexibility index (Phi) is 7.46. The molecule has 0 fully saturated rings. The number of rotatable bonds is 8. The lowest BCUT2D eigenvalue weighted by molar-refractivity contribution is -0.142. The summed E-state index contributed by atoms with van der Waals surface area (Å²) in [4.78, 5) is 24.9. The first kappa shape index (κ1) is 17.2. The Morgan fingerprint density at radius 1 is 1.05 bits per heavy atom. The highest BCUT2D eigenvalue weighted by Gasteiger charge is 2.14. The predicted molar refractivity (Wildman–Crippen MR) is 79.7 cm³/mol. The molecule has 0 spiro atoms. The largest absolute Gasteiger partial charge is 0.469 e. The summed E-state index contributed by atoms with van der Waals surface area (Å²) in [6.45, 7) is 3.71. The highest BCUT2D eigenvalue weighted by atomic mass is 16.5. The van der Waals surface area contributed by atoms with Crippen LogP contribution in [0.3, 0.4) is 0 Å². The Morgan fingerprint density at radius 2 is 1.67 bits per heavy atom. The van der Waals surface area contributed by atoms with Crippen LogP contribution in [-0.4, -0.2) is 44.1 Å². The molecule has 21 heavy (non-hydrogen) atoms. The number of esters is 2. The van der Waals surface area contributed by atoms with Crippen LogP contribution in [-0.2, 0) is 32.0 Å². The van der Waals surface area contributed by atoms with Crippen molar-refractivity contribution in [3.05, 3.63) is 35.4 Å². The molecule has 1 aromatic carbocycles. The first-order valence-electron chi connectivity index (χ1n) is 7.03. The van der Waals surface area contributed by atoms with E-state index in [-0.39, 0.29) is 24.9 Å². The van der Waals surface area contributed by atoms with Crippen molar-refractivity contribution in [3.8, 4) is 0 Å². The van der Waals surface area contributed by atoms with Gasteiger partial charge in [-0.15, -0.1) is 0 Å². The molecule has 0 amide bonds. The van der Waals surface area contributed by atoms with Crippen LogP contribution >= 0.6 is 0 Å². The summed E-state index contributed by atoms with van der Waals surface area (Å²) in [5.74, 6) is -0.522. The van der Waals surface area contributed by atoms with Gasteiger partial charge in [0.25, 0.3) is 0 Å². The third kappa shape index (κ3) is 5.95. The topological polar surface area (TPSA) is 55.8 Å². The zero-order valence-electron chi connectivity index (χ0n) is 12.9. The molecule has 0 heterocycles. The Bertz CT molecular complexity index is 473. The van der Waals surface area contributed by atoms with Crippen LogP contribution in [0, 0.1) is 0 Å². The average molecular weight is 293 g/mol. The van der Waals surface area contributed by atoms with Gasteiger partial charge in [0.15, 0.2) is 0 Å². The number of benzene rings is 1. The predicted octanol–water partition coefficient (Wildman–Crippen LogP) is 1.79. The van der Waals surface area contributed by atoms with E-state index in [1.807, 2.05) is 29.2 Å². The zero-order valence-corrected chi connectivity index (χ0v) is 12.9. The van der Waals surface area contributed by atoms with Crippen molar-refractivity contribution in [1.29, 1.82) is 0 Å². The minimum Gasteiger partial charge on any atom is -0.469 e. The normalized spacial score (nSPS) is 10.5. The van der Waals surface area contributed by atoms with E-state index in [1.165, 1.54) is 14.2 Å².